The van der Waals surface area contributed by atoms with E-state index in [0.717, 1.165) is 11.3 Å². The number of carboxylic acid groups (broad SMARTS) is 1. The molecule has 1 unspecified atom stereocenters. The van der Waals surface area contributed by atoms with E-state index in [-0.39, 0.29) is 16.7 Å². The number of anilines is 1. The van der Waals surface area contributed by atoms with Crippen LogP contribution in [-0.4, -0.2) is 33.4 Å². The van der Waals surface area contributed by atoms with Gasteiger partial charge in [-0.25, -0.2) is 0 Å². The van der Waals surface area contributed by atoms with Crippen molar-refractivity contribution in [3.05, 3.63) is 23.8 Å². The molecule has 10 heteroatoms. The van der Waals surface area contributed by atoms with Gasteiger partial charge in [-0.3, -0.25) is 4.79 Å². The molecule has 0 bridgehead atoms. The van der Waals surface area contributed by atoms with E-state index < -0.39 is 19.2 Å². The third-order valence-corrected chi connectivity index (χ3v) is 3.58. The van der Waals surface area contributed by atoms with Crippen LogP contribution >= 0.6 is 11.3 Å². The lowest BCUT2D eigenvalue weighted by Gasteiger charge is -2.09. The molecule has 1 aliphatic rings. The lowest BCUT2D eigenvalue weighted by Crippen LogP contribution is -2.28. The minimum absolute atomic E-state index is 0.211. The maximum Gasteiger partial charge on any atom is 0.492 e. The number of hydrogen-bond acceptors (Lipinski definition) is 8. The van der Waals surface area contributed by atoms with E-state index in [1.807, 2.05) is 0 Å². The van der Waals surface area contributed by atoms with Crippen LogP contribution in [-0.2, 0) is 9.45 Å². The zero-order valence-electron chi connectivity index (χ0n) is 10.6. The number of rotatable bonds is 4. The van der Waals surface area contributed by atoms with E-state index in [0.29, 0.717) is 16.8 Å². The molecule has 108 valence electrons. The van der Waals surface area contributed by atoms with Crippen LogP contribution in [0.25, 0.3) is 0 Å². The summed E-state index contributed by atoms with van der Waals surface area (Å²) in [6, 6.07) is 4.89. The second-order valence-corrected chi connectivity index (χ2v) is 5.35. The molecule has 3 rings (SSSR count). The Morgan fingerprint density at radius 2 is 2.33 bits per heavy atom. The Labute approximate surface area is 123 Å². The summed E-state index contributed by atoms with van der Waals surface area (Å²) < 4.78 is 10.7. The number of carboxylic acids is 1. The van der Waals surface area contributed by atoms with Gasteiger partial charge in [-0.2, -0.15) is 0 Å². The first kappa shape index (κ1) is 13.8. The third-order valence-electron chi connectivity index (χ3n) is 2.95. The molecule has 0 saturated heterocycles. The second-order valence-electron chi connectivity index (χ2n) is 4.37. The number of aliphatic carboxylic acids is 1. The first-order chi connectivity index (χ1) is 10.0. The van der Waals surface area contributed by atoms with Gasteiger partial charge >= 0.3 is 18.3 Å². The lowest BCUT2D eigenvalue weighted by atomic mass is 9.79. The number of nitrogens with two attached hydrogens (primary N) is 1. The number of benzene rings is 1. The Kier molecular flexibility index (Phi) is 3.49. The van der Waals surface area contributed by atoms with Crippen LogP contribution in [0.5, 0.6) is 10.9 Å². The zero-order chi connectivity index (χ0) is 15.0. The Morgan fingerprint density at radius 1 is 1.52 bits per heavy atom. The highest BCUT2D eigenvalue weighted by Crippen LogP contribution is 2.31. The topological polar surface area (TPSA) is 128 Å². The van der Waals surface area contributed by atoms with Crippen molar-refractivity contribution in [3.63, 3.8) is 0 Å². The maximum absolute atomic E-state index is 10.8. The first-order valence-electron chi connectivity index (χ1n) is 5.99. The van der Waals surface area contributed by atoms with Gasteiger partial charge < -0.3 is 25.3 Å². The number of fused-ring (bicyclic) bond motifs is 1. The minimum Gasteiger partial charge on any atom is -0.481 e. The molecule has 4 N–H and O–H groups in total. The van der Waals surface area contributed by atoms with Crippen molar-refractivity contribution in [1.82, 2.24) is 10.2 Å². The van der Waals surface area contributed by atoms with Crippen LogP contribution in [0, 0.1) is 0 Å². The number of hydrogen-bond donors (Lipinski definition) is 3. The highest BCUT2D eigenvalue weighted by Gasteiger charge is 2.36. The molecule has 0 aliphatic carbocycles. The van der Waals surface area contributed by atoms with Gasteiger partial charge in [0.25, 0.3) is 0 Å². The standard InChI is InChI=1S/C11H10BN3O5S/c13-10-14-15-11(21-10)19-5-1-2-6-7(3-5)12(18)20-8(6)4-9(16)17/h1-3,8,18H,4H2,(H2,13,14)(H,16,17). The third kappa shape index (κ3) is 2.82. The van der Waals surface area contributed by atoms with Crippen molar-refractivity contribution in [2.45, 2.75) is 12.5 Å². The molecule has 0 radical (unpaired) electrons. The van der Waals surface area contributed by atoms with Gasteiger partial charge in [-0.1, -0.05) is 11.2 Å². The fraction of sp³-hybridized carbons (Fsp3) is 0.182. The molecule has 0 amide bonds. The highest BCUT2D eigenvalue weighted by atomic mass is 32.1. The minimum atomic E-state index is -1.17. The lowest BCUT2D eigenvalue weighted by molar-refractivity contribution is -0.138. The van der Waals surface area contributed by atoms with Crippen LogP contribution in [0.1, 0.15) is 18.1 Å². The Bertz CT molecular complexity index is 694. The average Bonchev–Trinajstić information content (AvgIpc) is 2.94. The van der Waals surface area contributed by atoms with Crippen molar-refractivity contribution in [3.8, 4) is 10.9 Å². The van der Waals surface area contributed by atoms with Crippen LogP contribution in [0.15, 0.2) is 18.2 Å². The van der Waals surface area contributed by atoms with Crippen LogP contribution < -0.4 is 15.9 Å². The quantitative estimate of drug-likeness (QED) is 0.681. The molecular weight excluding hydrogens is 297 g/mol. The van der Waals surface area contributed by atoms with Gasteiger partial charge in [-0.05, 0) is 34.5 Å². The molecule has 8 nitrogen and oxygen atoms in total. The van der Waals surface area contributed by atoms with E-state index in [1.54, 1.807) is 18.2 Å². The molecule has 1 atom stereocenters. The monoisotopic (exact) mass is 307 g/mol. The summed E-state index contributed by atoms with van der Waals surface area (Å²) in [4.78, 5) is 10.8. The molecule has 1 aliphatic heterocycles. The van der Waals surface area contributed by atoms with Crippen LogP contribution in [0.3, 0.4) is 0 Å². The van der Waals surface area contributed by atoms with E-state index in [9.17, 15) is 9.82 Å². The van der Waals surface area contributed by atoms with E-state index in [1.165, 1.54) is 0 Å². The number of nitrogens with zero attached hydrogens (tertiary/aromatic N) is 2. The largest absolute Gasteiger partial charge is 0.492 e. The zero-order valence-corrected chi connectivity index (χ0v) is 11.4. The number of aromatic nitrogens is 2. The Morgan fingerprint density at radius 3 is 3.00 bits per heavy atom. The number of nitrogen functional groups attached to an aromatic ring is 1. The van der Waals surface area contributed by atoms with E-state index in [4.69, 9.17) is 20.2 Å². The number of ether oxygens (including phenoxy) is 1. The molecule has 21 heavy (non-hydrogen) atoms. The van der Waals surface area contributed by atoms with Crippen molar-refractivity contribution >= 4 is 35.0 Å². The smallest absolute Gasteiger partial charge is 0.481 e. The average molecular weight is 307 g/mol. The van der Waals surface area contributed by atoms with Crippen LogP contribution in [0.4, 0.5) is 5.13 Å². The van der Waals surface area contributed by atoms with Crippen molar-refractivity contribution in [2.75, 3.05) is 5.73 Å². The summed E-state index contributed by atoms with van der Waals surface area (Å²) in [6.07, 6.45) is -0.879. The van der Waals surface area contributed by atoms with Gasteiger partial charge in [-0.15, -0.1) is 5.10 Å². The fourth-order valence-corrected chi connectivity index (χ4v) is 2.58. The summed E-state index contributed by atoms with van der Waals surface area (Å²) >= 11 is 1.09. The Hall–Kier alpha value is -2.17. The maximum atomic E-state index is 10.8. The van der Waals surface area contributed by atoms with Crippen molar-refractivity contribution in [2.24, 2.45) is 0 Å². The molecule has 0 saturated carbocycles. The van der Waals surface area contributed by atoms with E-state index in [2.05, 4.69) is 10.2 Å². The van der Waals surface area contributed by atoms with Gasteiger partial charge in [0.05, 0.1) is 12.5 Å². The summed E-state index contributed by atoms with van der Waals surface area (Å²) in [7, 11) is -1.17. The van der Waals surface area contributed by atoms with Gasteiger partial charge in [0.1, 0.15) is 5.75 Å². The highest BCUT2D eigenvalue weighted by molar-refractivity contribution is 7.16. The molecular formula is C11H10BN3O5S. The normalized spacial score (nSPS) is 16.8. The Balaban J connectivity index is 1.84. The van der Waals surface area contributed by atoms with Gasteiger partial charge in [0, 0.05) is 0 Å². The van der Waals surface area contributed by atoms with Crippen molar-refractivity contribution in [1.29, 1.82) is 0 Å². The molecule has 2 heterocycles. The van der Waals surface area contributed by atoms with Gasteiger partial charge in [0.15, 0.2) is 0 Å². The molecule has 0 fully saturated rings. The summed E-state index contributed by atoms with van der Waals surface area (Å²) in [5.74, 6) is -0.562. The predicted octanol–water partition coefficient (Wildman–Crippen LogP) is 0.146. The molecule has 2 aromatic rings. The summed E-state index contributed by atoms with van der Waals surface area (Å²) in [5.41, 5.74) is 6.57. The summed E-state index contributed by atoms with van der Waals surface area (Å²) in [6.45, 7) is 0. The SMILES string of the molecule is Nc1nnc(Oc2ccc3c(c2)B(O)OC3CC(=O)O)s1. The summed E-state index contributed by atoms with van der Waals surface area (Å²) in [5, 5.41) is 26.6. The van der Waals surface area contributed by atoms with E-state index >= 15 is 0 Å². The second kappa shape index (κ2) is 5.32. The molecule has 0 spiro atoms. The first-order valence-corrected chi connectivity index (χ1v) is 6.80. The molecule has 1 aromatic heterocycles. The van der Waals surface area contributed by atoms with Gasteiger partial charge in [0.2, 0.25) is 5.13 Å². The van der Waals surface area contributed by atoms with Crippen molar-refractivity contribution < 1.29 is 24.3 Å². The number of carbonyl (C=O) groups is 1. The van der Waals surface area contributed by atoms with Crippen LogP contribution in [0.2, 0.25) is 0 Å². The molecule has 1 aromatic carbocycles. The fourth-order valence-electron chi connectivity index (χ4n) is 2.10. The predicted molar refractivity (Wildman–Crippen MR) is 74.5 cm³/mol.